The Morgan fingerprint density at radius 3 is 2.46 bits per heavy atom. The lowest BCUT2D eigenvalue weighted by molar-refractivity contribution is 0.0693. The van der Waals surface area contributed by atoms with Gasteiger partial charge in [0.2, 0.25) is 0 Å². The molecule has 3 aromatic rings. The molecule has 1 amide bonds. The highest BCUT2D eigenvalue weighted by Gasteiger charge is 2.26. The minimum Gasteiger partial charge on any atom is -0.478 e. The quantitative estimate of drug-likeness (QED) is 0.756. The number of piperidine rings is 1. The van der Waals surface area contributed by atoms with Crippen LogP contribution in [0.2, 0.25) is 0 Å². The third kappa shape index (κ3) is 3.67. The van der Waals surface area contributed by atoms with Crippen molar-refractivity contribution < 1.29 is 14.7 Å². The summed E-state index contributed by atoms with van der Waals surface area (Å²) >= 11 is 0. The Balaban J connectivity index is 1.48. The van der Waals surface area contributed by atoms with E-state index in [9.17, 15) is 9.59 Å². The number of aromatic carboxylic acids is 1. The third-order valence-corrected chi connectivity index (χ3v) is 5.19. The number of carboxylic acid groups (broad SMARTS) is 1. The molecular weight excluding hydrogens is 354 g/mol. The second-order valence-corrected chi connectivity index (χ2v) is 7.03. The van der Waals surface area contributed by atoms with Gasteiger partial charge in [-0.2, -0.15) is 5.10 Å². The number of carboxylic acids is 1. The predicted molar refractivity (Wildman–Crippen MR) is 105 cm³/mol. The third-order valence-electron chi connectivity index (χ3n) is 5.19. The van der Waals surface area contributed by atoms with Gasteiger partial charge >= 0.3 is 5.97 Å². The topological polar surface area (TPSA) is 75.4 Å². The molecule has 142 valence electrons. The van der Waals surface area contributed by atoms with Crippen LogP contribution in [0, 0.1) is 0 Å². The molecule has 28 heavy (non-hydrogen) atoms. The Morgan fingerprint density at radius 1 is 1.00 bits per heavy atom. The molecule has 1 fully saturated rings. The maximum atomic E-state index is 13.0. The molecule has 0 radical (unpaired) electrons. The summed E-state index contributed by atoms with van der Waals surface area (Å²) in [6.45, 7) is 1.35. The molecule has 0 bridgehead atoms. The van der Waals surface area contributed by atoms with Gasteiger partial charge in [0.15, 0.2) is 0 Å². The molecule has 1 N–H and O–H groups in total. The lowest BCUT2D eigenvalue weighted by atomic mass is 9.90. The fraction of sp³-hybridized carbons (Fsp3) is 0.227. The van der Waals surface area contributed by atoms with Crippen molar-refractivity contribution in [2.24, 2.45) is 0 Å². The number of hydrogen-bond acceptors (Lipinski definition) is 3. The zero-order valence-electron chi connectivity index (χ0n) is 15.4. The molecule has 1 saturated heterocycles. The summed E-state index contributed by atoms with van der Waals surface area (Å²) in [6.07, 6.45) is 5.28. The van der Waals surface area contributed by atoms with E-state index in [1.807, 2.05) is 47.4 Å². The summed E-state index contributed by atoms with van der Waals surface area (Å²) < 4.78 is 1.71. The maximum absolute atomic E-state index is 13.0. The van der Waals surface area contributed by atoms with Gasteiger partial charge in [-0.3, -0.25) is 4.79 Å². The number of carbonyl (C=O) groups excluding carboxylic acids is 1. The molecule has 2 heterocycles. The predicted octanol–water partition coefficient (Wildman–Crippen LogP) is 3.59. The molecule has 0 unspecified atom stereocenters. The number of carbonyl (C=O) groups is 2. The van der Waals surface area contributed by atoms with Crippen molar-refractivity contribution in [2.75, 3.05) is 13.1 Å². The molecule has 1 aliphatic rings. The van der Waals surface area contributed by atoms with E-state index in [0.717, 1.165) is 30.6 Å². The number of nitrogens with zero attached hydrogens (tertiary/aromatic N) is 3. The van der Waals surface area contributed by atoms with Crippen molar-refractivity contribution in [3.05, 3.63) is 83.7 Å². The average Bonchev–Trinajstić information content (AvgIpc) is 3.24. The van der Waals surface area contributed by atoms with Crippen LogP contribution in [0.4, 0.5) is 0 Å². The molecule has 6 nitrogen and oxygen atoms in total. The average molecular weight is 375 g/mol. The Hall–Kier alpha value is -3.41. The number of likely N-dealkylation sites (tertiary alicyclic amines) is 1. The Morgan fingerprint density at radius 2 is 1.75 bits per heavy atom. The van der Waals surface area contributed by atoms with Crippen LogP contribution >= 0.6 is 0 Å². The van der Waals surface area contributed by atoms with Crippen LogP contribution in [0.15, 0.2) is 67.0 Å². The van der Waals surface area contributed by atoms with Gasteiger partial charge in [0.1, 0.15) is 0 Å². The number of para-hydroxylation sites is 1. The van der Waals surface area contributed by atoms with Crippen LogP contribution in [0.5, 0.6) is 0 Å². The number of amides is 1. The monoisotopic (exact) mass is 375 g/mol. The van der Waals surface area contributed by atoms with Crippen molar-refractivity contribution in [2.45, 2.75) is 18.8 Å². The van der Waals surface area contributed by atoms with Crippen LogP contribution in [0.25, 0.3) is 5.69 Å². The van der Waals surface area contributed by atoms with Crippen molar-refractivity contribution in [1.29, 1.82) is 0 Å². The van der Waals surface area contributed by atoms with Gasteiger partial charge in [-0.15, -0.1) is 0 Å². The standard InChI is InChI=1S/C22H21N3O3/c26-21(19-13-23-25(15-19)20-6-2-1-3-7-20)24-12-4-5-18(14-24)16-8-10-17(11-9-16)22(27)28/h1-3,6-11,13,15,18H,4-5,12,14H2,(H,27,28)/t18-/m1/s1. The lowest BCUT2D eigenvalue weighted by Crippen LogP contribution is -2.39. The van der Waals surface area contributed by atoms with Crippen molar-refractivity contribution in [1.82, 2.24) is 14.7 Å². The van der Waals surface area contributed by atoms with E-state index in [1.54, 1.807) is 29.2 Å². The number of benzene rings is 2. The van der Waals surface area contributed by atoms with Crippen molar-refractivity contribution >= 4 is 11.9 Å². The summed E-state index contributed by atoms with van der Waals surface area (Å²) in [7, 11) is 0. The van der Waals surface area contributed by atoms with E-state index in [0.29, 0.717) is 12.1 Å². The highest BCUT2D eigenvalue weighted by molar-refractivity contribution is 5.94. The maximum Gasteiger partial charge on any atom is 0.335 e. The highest BCUT2D eigenvalue weighted by Crippen LogP contribution is 2.28. The molecule has 4 rings (SSSR count). The summed E-state index contributed by atoms with van der Waals surface area (Å²) in [5, 5.41) is 13.4. The molecule has 0 aliphatic carbocycles. The Kier molecular flexibility index (Phi) is 4.93. The van der Waals surface area contributed by atoms with Gasteiger partial charge < -0.3 is 10.0 Å². The second kappa shape index (κ2) is 7.68. The fourth-order valence-corrected chi connectivity index (χ4v) is 3.67. The molecular formula is C22H21N3O3. The lowest BCUT2D eigenvalue weighted by Gasteiger charge is -2.33. The smallest absolute Gasteiger partial charge is 0.335 e. The molecule has 1 aromatic heterocycles. The zero-order valence-corrected chi connectivity index (χ0v) is 15.4. The van der Waals surface area contributed by atoms with E-state index in [1.165, 1.54) is 0 Å². The first kappa shape index (κ1) is 18.0. The van der Waals surface area contributed by atoms with Gasteiger partial charge in [0, 0.05) is 25.2 Å². The van der Waals surface area contributed by atoms with E-state index in [4.69, 9.17) is 5.11 Å². The fourth-order valence-electron chi connectivity index (χ4n) is 3.67. The first-order valence-corrected chi connectivity index (χ1v) is 9.34. The largest absolute Gasteiger partial charge is 0.478 e. The van der Waals surface area contributed by atoms with E-state index < -0.39 is 5.97 Å². The van der Waals surface area contributed by atoms with Gasteiger partial charge in [-0.1, -0.05) is 30.3 Å². The molecule has 1 atom stereocenters. The van der Waals surface area contributed by atoms with Crippen LogP contribution < -0.4 is 0 Å². The first-order valence-electron chi connectivity index (χ1n) is 9.34. The van der Waals surface area contributed by atoms with Gasteiger partial charge in [-0.25, -0.2) is 9.48 Å². The highest BCUT2D eigenvalue weighted by atomic mass is 16.4. The normalized spacial score (nSPS) is 16.7. The summed E-state index contributed by atoms with van der Waals surface area (Å²) in [5.41, 5.74) is 2.84. The van der Waals surface area contributed by atoms with Crippen molar-refractivity contribution in [3.63, 3.8) is 0 Å². The summed E-state index contributed by atoms with van der Waals surface area (Å²) in [5.74, 6) is -0.735. The molecule has 1 aliphatic heterocycles. The van der Waals surface area contributed by atoms with Gasteiger partial charge in [-0.05, 0) is 42.7 Å². The first-order chi connectivity index (χ1) is 13.6. The van der Waals surface area contributed by atoms with Crippen LogP contribution in [0.1, 0.15) is 45.0 Å². The number of hydrogen-bond donors (Lipinski definition) is 1. The molecule has 0 saturated carbocycles. The molecule has 6 heteroatoms. The van der Waals surface area contributed by atoms with Crippen LogP contribution in [-0.2, 0) is 0 Å². The second-order valence-electron chi connectivity index (χ2n) is 7.03. The van der Waals surface area contributed by atoms with Gasteiger partial charge in [0.05, 0.1) is 23.0 Å². The Bertz CT molecular complexity index is 980. The van der Waals surface area contributed by atoms with Crippen LogP contribution in [-0.4, -0.2) is 44.8 Å². The minimum atomic E-state index is -0.928. The van der Waals surface area contributed by atoms with E-state index in [-0.39, 0.29) is 17.4 Å². The molecule has 2 aromatic carbocycles. The Labute approximate surface area is 163 Å². The van der Waals surface area contributed by atoms with Gasteiger partial charge in [0.25, 0.3) is 5.91 Å². The minimum absolute atomic E-state index is 0.0194. The zero-order chi connectivity index (χ0) is 19.5. The number of rotatable bonds is 4. The van der Waals surface area contributed by atoms with E-state index in [2.05, 4.69) is 5.10 Å². The van der Waals surface area contributed by atoms with Crippen molar-refractivity contribution in [3.8, 4) is 5.69 Å². The van der Waals surface area contributed by atoms with Crippen LogP contribution in [0.3, 0.4) is 0 Å². The summed E-state index contributed by atoms with van der Waals surface area (Å²) in [4.78, 5) is 25.9. The number of aromatic nitrogens is 2. The van der Waals surface area contributed by atoms with E-state index >= 15 is 0 Å². The summed E-state index contributed by atoms with van der Waals surface area (Å²) in [6, 6.07) is 16.7. The molecule has 0 spiro atoms. The SMILES string of the molecule is O=C(O)c1ccc([C@@H]2CCCN(C(=O)c3cnn(-c4ccccc4)c3)C2)cc1.